The number of nitrogens with zero attached hydrogens (tertiary/aromatic N) is 1. The summed E-state index contributed by atoms with van der Waals surface area (Å²) in [6.07, 6.45) is 3.71. The minimum atomic E-state index is -0.535. The molecule has 0 bridgehead atoms. The van der Waals surface area contributed by atoms with Gasteiger partial charge in [-0.3, -0.25) is 9.78 Å². The Balaban J connectivity index is 2.09. The van der Waals surface area contributed by atoms with Crippen molar-refractivity contribution in [3.63, 3.8) is 0 Å². The molecule has 1 amide bonds. The Morgan fingerprint density at radius 1 is 1.25 bits per heavy atom. The lowest BCUT2D eigenvalue weighted by atomic mass is 9.98. The first-order valence-corrected chi connectivity index (χ1v) is 6.62. The Bertz CT molecular complexity index is 587. The fourth-order valence-electron chi connectivity index (χ4n) is 1.84. The van der Waals surface area contributed by atoms with Gasteiger partial charge in [-0.25, -0.2) is 0 Å². The van der Waals surface area contributed by atoms with Crippen LogP contribution in [0.3, 0.4) is 0 Å². The third kappa shape index (κ3) is 3.86. The molecular formula is C15H15N3OS. The molecule has 1 aromatic carbocycles. The summed E-state index contributed by atoms with van der Waals surface area (Å²) in [6.45, 7) is 0. The highest BCUT2D eigenvalue weighted by Gasteiger charge is 2.22. The zero-order valence-corrected chi connectivity index (χ0v) is 11.6. The number of anilines is 1. The predicted molar refractivity (Wildman–Crippen MR) is 83.3 cm³/mol. The van der Waals surface area contributed by atoms with Crippen LogP contribution in [0.5, 0.6) is 0 Å². The van der Waals surface area contributed by atoms with Gasteiger partial charge in [-0.15, -0.1) is 0 Å². The molecule has 4 nitrogen and oxygen atoms in total. The van der Waals surface area contributed by atoms with Gasteiger partial charge in [-0.05, 0) is 24.1 Å². The quantitative estimate of drug-likeness (QED) is 0.826. The lowest BCUT2D eigenvalue weighted by Crippen LogP contribution is -2.34. The zero-order chi connectivity index (χ0) is 14.4. The summed E-state index contributed by atoms with van der Waals surface area (Å²) in [5.41, 5.74) is 7.35. The number of hydrogen-bond donors (Lipinski definition) is 2. The first-order valence-electron chi connectivity index (χ1n) is 6.21. The molecule has 0 saturated heterocycles. The monoisotopic (exact) mass is 285 g/mol. The number of benzene rings is 1. The number of thiocarbonyl (C=S) groups is 1. The third-order valence-electron chi connectivity index (χ3n) is 2.87. The Labute approximate surface area is 123 Å². The molecule has 1 heterocycles. The molecule has 2 aromatic rings. The maximum Gasteiger partial charge on any atom is 0.234 e. The van der Waals surface area contributed by atoms with Crippen LogP contribution < -0.4 is 11.1 Å². The van der Waals surface area contributed by atoms with Gasteiger partial charge in [0, 0.05) is 6.20 Å². The molecule has 5 heteroatoms. The van der Waals surface area contributed by atoms with Crippen LogP contribution in [0.2, 0.25) is 0 Å². The van der Waals surface area contributed by atoms with E-state index < -0.39 is 5.92 Å². The van der Waals surface area contributed by atoms with Gasteiger partial charge in [0.25, 0.3) is 0 Å². The van der Waals surface area contributed by atoms with E-state index >= 15 is 0 Å². The van der Waals surface area contributed by atoms with E-state index in [1.165, 1.54) is 0 Å². The van der Waals surface area contributed by atoms with Gasteiger partial charge in [-0.1, -0.05) is 42.5 Å². The smallest absolute Gasteiger partial charge is 0.234 e. The fourth-order valence-corrected chi connectivity index (χ4v) is 2.03. The summed E-state index contributed by atoms with van der Waals surface area (Å²) in [5.74, 6) is -0.748. The van der Waals surface area contributed by atoms with Crippen LogP contribution >= 0.6 is 12.2 Å². The Kier molecular flexibility index (Phi) is 4.79. The largest absolute Gasteiger partial charge is 0.393 e. The number of carbonyl (C=O) groups is 1. The predicted octanol–water partition coefficient (Wildman–Crippen LogP) is 2.17. The van der Waals surface area contributed by atoms with Gasteiger partial charge in [0.15, 0.2) is 0 Å². The number of nitrogens with one attached hydrogen (secondary N) is 1. The topological polar surface area (TPSA) is 68.0 Å². The van der Waals surface area contributed by atoms with Crippen molar-refractivity contribution in [2.24, 2.45) is 11.7 Å². The molecule has 20 heavy (non-hydrogen) atoms. The summed E-state index contributed by atoms with van der Waals surface area (Å²) < 4.78 is 0. The van der Waals surface area contributed by atoms with Gasteiger partial charge >= 0.3 is 0 Å². The number of nitrogens with two attached hydrogens (primary N) is 1. The lowest BCUT2D eigenvalue weighted by molar-refractivity contribution is -0.118. The molecule has 0 radical (unpaired) electrons. The van der Waals surface area contributed by atoms with Crippen molar-refractivity contribution in [2.75, 3.05) is 5.32 Å². The molecule has 0 fully saturated rings. The standard InChI is InChI=1S/C15H15N3OS/c16-14(20)13(9-11-5-2-1-3-6-11)15(19)18-12-7-4-8-17-10-12/h1-8,10,13H,9H2,(H2,16,20)(H,18,19). The second-order valence-corrected chi connectivity index (χ2v) is 4.85. The minimum Gasteiger partial charge on any atom is -0.393 e. The summed E-state index contributed by atoms with van der Waals surface area (Å²) in [4.78, 5) is 16.4. The molecule has 0 aliphatic heterocycles. The Morgan fingerprint density at radius 2 is 2.00 bits per heavy atom. The van der Waals surface area contributed by atoms with Crippen molar-refractivity contribution in [3.8, 4) is 0 Å². The molecule has 102 valence electrons. The van der Waals surface area contributed by atoms with Crippen LogP contribution in [0, 0.1) is 5.92 Å². The number of amides is 1. The first kappa shape index (κ1) is 14.1. The highest BCUT2D eigenvalue weighted by atomic mass is 32.1. The van der Waals surface area contributed by atoms with Gasteiger partial charge in [0.2, 0.25) is 5.91 Å². The van der Waals surface area contributed by atoms with E-state index in [0.29, 0.717) is 12.1 Å². The zero-order valence-electron chi connectivity index (χ0n) is 10.8. The van der Waals surface area contributed by atoms with Crippen molar-refractivity contribution in [1.82, 2.24) is 4.98 Å². The molecule has 0 spiro atoms. The number of carbonyl (C=O) groups excluding carboxylic acids is 1. The van der Waals surface area contributed by atoms with Gasteiger partial charge < -0.3 is 11.1 Å². The Morgan fingerprint density at radius 3 is 2.60 bits per heavy atom. The normalized spacial score (nSPS) is 11.6. The van der Waals surface area contributed by atoms with Gasteiger partial charge in [0.05, 0.1) is 22.8 Å². The summed E-state index contributed by atoms with van der Waals surface area (Å²) in [6, 6.07) is 13.2. The van der Waals surface area contributed by atoms with E-state index in [9.17, 15) is 4.79 Å². The van der Waals surface area contributed by atoms with Crippen LogP contribution in [0.25, 0.3) is 0 Å². The average molecular weight is 285 g/mol. The molecule has 0 aliphatic carbocycles. The molecule has 2 rings (SSSR count). The van der Waals surface area contributed by atoms with E-state index in [0.717, 1.165) is 5.56 Å². The maximum absolute atomic E-state index is 12.3. The molecule has 1 atom stereocenters. The minimum absolute atomic E-state index is 0.190. The van der Waals surface area contributed by atoms with Crippen molar-refractivity contribution in [2.45, 2.75) is 6.42 Å². The van der Waals surface area contributed by atoms with Crippen LogP contribution in [-0.2, 0) is 11.2 Å². The molecular weight excluding hydrogens is 270 g/mol. The first-order chi connectivity index (χ1) is 9.66. The van der Waals surface area contributed by atoms with E-state index in [2.05, 4.69) is 10.3 Å². The Hall–Kier alpha value is -2.27. The maximum atomic E-state index is 12.3. The average Bonchev–Trinajstić information content (AvgIpc) is 2.46. The second-order valence-electron chi connectivity index (χ2n) is 4.38. The number of pyridine rings is 1. The number of rotatable bonds is 5. The number of hydrogen-bond acceptors (Lipinski definition) is 3. The van der Waals surface area contributed by atoms with Crippen molar-refractivity contribution >= 4 is 28.8 Å². The van der Waals surface area contributed by atoms with Crippen LogP contribution in [0.4, 0.5) is 5.69 Å². The van der Waals surface area contributed by atoms with Crippen LogP contribution in [0.15, 0.2) is 54.9 Å². The molecule has 1 unspecified atom stereocenters. The highest BCUT2D eigenvalue weighted by Crippen LogP contribution is 2.13. The van der Waals surface area contributed by atoms with Crippen LogP contribution in [0.1, 0.15) is 5.56 Å². The van der Waals surface area contributed by atoms with Crippen molar-refractivity contribution < 1.29 is 4.79 Å². The van der Waals surface area contributed by atoms with Gasteiger partial charge in [0.1, 0.15) is 0 Å². The van der Waals surface area contributed by atoms with E-state index in [4.69, 9.17) is 18.0 Å². The van der Waals surface area contributed by atoms with E-state index in [1.807, 2.05) is 30.3 Å². The molecule has 0 aliphatic rings. The second kappa shape index (κ2) is 6.77. The molecule has 3 N–H and O–H groups in total. The van der Waals surface area contributed by atoms with E-state index in [1.54, 1.807) is 24.5 Å². The molecule has 1 aromatic heterocycles. The summed E-state index contributed by atoms with van der Waals surface area (Å²) in [5, 5.41) is 2.77. The third-order valence-corrected chi connectivity index (χ3v) is 3.16. The molecule has 0 saturated carbocycles. The van der Waals surface area contributed by atoms with Crippen molar-refractivity contribution in [1.29, 1.82) is 0 Å². The van der Waals surface area contributed by atoms with Crippen LogP contribution in [-0.4, -0.2) is 15.9 Å². The van der Waals surface area contributed by atoms with Gasteiger partial charge in [-0.2, -0.15) is 0 Å². The van der Waals surface area contributed by atoms with E-state index in [-0.39, 0.29) is 10.9 Å². The lowest BCUT2D eigenvalue weighted by Gasteiger charge is -2.15. The SMILES string of the molecule is NC(=S)C(Cc1ccccc1)C(=O)Nc1cccnc1. The summed E-state index contributed by atoms with van der Waals surface area (Å²) >= 11 is 5.01. The highest BCUT2D eigenvalue weighted by molar-refractivity contribution is 7.80. The summed E-state index contributed by atoms with van der Waals surface area (Å²) in [7, 11) is 0. The fraction of sp³-hybridized carbons (Fsp3) is 0.133. The van der Waals surface area contributed by atoms with Crippen molar-refractivity contribution in [3.05, 3.63) is 60.4 Å². The number of aromatic nitrogens is 1.